The SMILES string of the molecule is COc1cc(C=Nn2c(-c3cc4c(OC)cccc4o3)nc3ccccc3c2=O)cc([N+](=O)[O-])c1OCC(=O)Nc1ccc(F)cc1. The molecule has 236 valence electrons. The molecule has 0 saturated carbocycles. The summed E-state index contributed by atoms with van der Waals surface area (Å²) in [6.45, 7) is -0.605. The summed E-state index contributed by atoms with van der Waals surface area (Å²) in [7, 11) is 2.81. The third-order valence-corrected chi connectivity index (χ3v) is 6.99. The molecule has 0 unspecified atom stereocenters. The zero-order valence-electron chi connectivity index (χ0n) is 24.8. The average Bonchev–Trinajstić information content (AvgIpc) is 3.52. The van der Waals surface area contributed by atoms with Crippen LogP contribution < -0.4 is 25.1 Å². The van der Waals surface area contributed by atoms with E-state index in [0.717, 1.165) is 10.7 Å². The third kappa shape index (κ3) is 6.20. The van der Waals surface area contributed by atoms with Crippen LogP contribution in [0.15, 0.2) is 99.2 Å². The van der Waals surface area contributed by atoms with E-state index < -0.39 is 34.5 Å². The van der Waals surface area contributed by atoms with Crippen molar-refractivity contribution in [2.75, 3.05) is 26.1 Å². The van der Waals surface area contributed by atoms with Crippen LogP contribution in [0.4, 0.5) is 15.8 Å². The Bertz CT molecular complexity index is 2250. The predicted octanol–water partition coefficient (Wildman–Crippen LogP) is 5.77. The number of nitrogens with zero attached hydrogens (tertiary/aromatic N) is 4. The van der Waals surface area contributed by atoms with Gasteiger partial charge in [0.1, 0.15) is 17.1 Å². The molecule has 0 aliphatic rings. The standard InChI is InChI=1S/C33H24FN5O8/c1-44-26-8-5-9-27-23(26)16-29(47-27)32-37-24-7-4-3-6-22(24)33(41)38(32)35-17-19-14-25(39(42)43)31(28(15-19)45-2)46-18-30(40)36-21-12-10-20(34)11-13-21/h3-17H,18H2,1-2H3,(H,36,40). The first-order chi connectivity index (χ1) is 22.7. The fourth-order valence-electron chi connectivity index (χ4n) is 4.82. The highest BCUT2D eigenvalue weighted by Crippen LogP contribution is 2.38. The van der Waals surface area contributed by atoms with Gasteiger partial charge in [0, 0.05) is 17.3 Å². The van der Waals surface area contributed by atoms with E-state index in [2.05, 4.69) is 15.4 Å². The zero-order chi connectivity index (χ0) is 33.1. The molecule has 0 fully saturated rings. The summed E-state index contributed by atoms with van der Waals surface area (Å²) >= 11 is 0. The van der Waals surface area contributed by atoms with E-state index in [9.17, 15) is 24.1 Å². The highest BCUT2D eigenvalue weighted by Gasteiger charge is 2.24. The molecule has 2 aromatic heterocycles. The number of anilines is 1. The lowest BCUT2D eigenvalue weighted by Gasteiger charge is -2.12. The molecule has 13 nitrogen and oxygen atoms in total. The number of benzene rings is 4. The van der Waals surface area contributed by atoms with Gasteiger partial charge in [-0.1, -0.05) is 18.2 Å². The summed E-state index contributed by atoms with van der Waals surface area (Å²) in [4.78, 5) is 42.1. The van der Waals surface area contributed by atoms with Gasteiger partial charge in [0.15, 0.2) is 18.1 Å². The number of aromatic nitrogens is 2. The molecule has 0 bridgehead atoms. The quantitative estimate of drug-likeness (QED) is 0.112. The van der Waals surface area contributed by atoms with E-state index in [1.54, 1.807) is 48.5 Å². The summed E-state index contributed by atoms with van der Waals surface area (Å²) in [5, 5.41) is 19.9. The second-order valence-electron chi connectivity index (χ2n) is 9.97. The van der Waals surface area contributed by atoms with Crippen LogP contribution in [0, 0.1) is 15.9 Å². The number of para-hydroxylation sites is 1. The van der Waals surface area contributed by atoms with Crippen LogP contribution in [0.1, 0.15) is 5.56 Å². The first-order valence-corrected chi connectivity index (χ1v) is 13.9. The molecule has 0 aliphatic carbocycles. The number of halogens is 1. The van der Waals surface area contributed by atoms with Crippen LogP contribution in [0.25, 0.3) is 33.5 Å². The van der Waals surface area contributed by atoms with E-state index in [-0.39, 0.29) is 34.0 Å². The molecule has 4 aromatic carbocycles. The van der Waals surface area contributed by atoms with Gasteiger partial charge in [-0.3, -0.25) is 19.7 Å². The van der Waals surface area contributed by atoms with E-state index in [1.165, 1.54) is 50.8 Å². The van der Waals surface area contributed by atoms with Crippen LogP contribution in [-0.4, -0.2) is 47.5 Å². The number of methoxy groups -OCH3 is 2. The van der Waals surface area contributed by atoms with Crippen LogP contribution in [0.3, 0.4) is 0 Å². The molecule has 1 N–H and O–H groups in total. The topological polar surface area (TPSA) is 160 Å². The molecule has 0 atom stereocenters. The monoisotopic (exact) mass is 637 g/mol. The van der Waals surface area contributed by atoms with Gasteiger partial charge in [-0.25, -0.2) is 9.37 Å². The van der Waals surface area contributed by atoms with Crippen molar-refractivity contribution in [3.8, 4) is 28.8 Å². The fourth-order valence-corrected chi connectivity index (χ4v) is 4.82. The number of amides is 1. The summed E-state index contributed by atoms with van der Waals surface area (Å²) < 4.78 is 36.5. The molecule has 14 heteroatoms. The van der Waals surface area contributed by atoms with Crippen LogP contribution >= 0.6 is 0 Å². The Kier molecular flexibility index (Phi) is 8.30. The Morgan fingerprint density at radius 2 is 1.79 bits per heavy atom. The van der Waals surface area contributed by atoms with Crippen molar-refractivity contribution in [1.82, 2.24) is 9.66 Å². The predicted molar refractivity (Wildman–Crippen MR) is 171 cm³/mol. The summed E-state index contributed by atoms with van der Waals surface area (Å²) in [5.41, 5.74) is 0.367. The van der Waals surface area contributed by atoms with E-state index in [0.29, 0.717) is 27.9 Å². The molecule has 1 amide bonds. The smallest absolute Gasteiger partial charge is 0.315 e. The number of carbonyl (C=O) groups is 1. The molecule has 0 spiro atoms. The maximum atomic E-state index is 13.7. The van der Waals surface area contributed by atoms with Gasteiger partial charge < -0.3 is 23.9 Å². The maximum absolute atomic E-state index is 13.7. The van der Waals surface area contributed by atoms with Gasteiger partial charge >= 0.3 is 5.69 Å². The number of furan rings is 1. The number of nitro benzene ring substituents is 1. The van der Waals surface area contributed by atoms with Gasteiger partial charge in [0.25, 0.3) is 11.5 Å². The Balaban J connectivity index is 1.37. The van der Waals surface area contributed by atoms with Crippen molar-refractivity contribution in [2.45, 2.75) is 0 Å². The first kappa shape index (κ1) is 30.5. The normalized spacial score (nSPS) is 11.2. The number of nitrogens with one attached hydrogen (secondary N) is 1. The van der Waals surface area contributed by atoms with Crippen molar-refractivity contribution < 1.29 is 32.7 Å². The second-order valence-corrected chi connectivity index (χ2v) is 9.97. The molecular weight excluding hydrogens is 613 g/mol. The van der Waals surface area contributed by atoms with Crippen LogP contribution in [0.5, 0.6) is 17.2 Å². The number of fused-ring (bicyclic) bond motifs is 2. The molecular formula is C33H24FN5O8. The number of nitro groups is 1. The molecule has 6 aromatic rings. The van der Waals surface area contributed by atoms with Crippen molar-refractivity contribution >= 4 is 45.4 Å². The number of rotatable bonds is 10. The number of hydrogen-bond acceptors (Lipinski definition) is 10. The Hall–Kier alpha value is -6.57. The van der Waals surface area contributed by atoms with Gasteiger partial charge in [0.05, 0.1) is 41.6 Å². The highest BCUT2D eigenvalue weighted by molar-refractivity contribution is 5.92. The first-order valence-electron chi connectivity index (χ1n) is 13.9. The minimum Gasteiger partial charge on any atom is -0.496 e. The van der Waals surface area contributed by atoms with Gasteiger partial charge in [-0.2, -0.15) is 9.78 Å². The van der Waals surface area contributed by atoms with Crippen LogP contribution in [0.2, 0.25) is 0 Å². The summed E-state index contributed by atoms with van der Waals surface area (Å²) in [5.74, 6) is -0.610. The molecule has 0 radical (unpaired) electrons. The maximum Gasteiger partial charge on any atom is 0.315 e. The molecule has 2 heterocycles. The lowest BCUT2D eigenvalue weighted by molar-refractivity contribution is -0.385. The fraction of sp³-hybridized carbons (Fsp3) is 0.0909. The van der Waals surface area contributed by atoms with Gasteiger partial charge in [-0.15, -0.1) is 0 Å². The lowest BCUT2D eigenvalue weighted by Crippen LogP contribution is -2.21. The number of hydrogen-bond donors (Lipinski definition) is 1. The van der Waals surface area contributed by atoms with Crippen molar-refractivity contribution in [1.29, 1.82) is 0 Å². The van der Waals surface area contributed by atoms with Crippen molar-refractivity contribution in [2.24, 2.45) is 5.10 Å². The van der Waals surface area contributed by atoms with Gasteiger partial charge in [-0.05, 0) is 60.7 Å². The molecule has 6 rings (SSSR count). The van der Waals surface area contributed by atoms with Crippen LogP contribution in [-0.2, 0) is 4.79 Å². The number of ether oxygens (including phenoxy) is 3. The Morgan fingerprint density at radius 1 is 1.02 bits per heavy atom. The average molecular weight is 638 g/mol. The number of carbonyl (C=O) groups excluding carboxylic acids is 1. The molecule has 47 heavy (non-hydrogen) atoms. The zero-order valence-corrected chi connectivity index (χ0v) is 24.8. The van der Waals surface area contributed by atoms with E-state index in [4.69, 9.17) is 18.6 Å². The second kappa shape index (κ2) is 12.8. The highest BCUT2D eigenvalue weighted by atomic mass is 19.1. The van der Waals surface area contributed by atoms with Gasteiger partial charge in [0.2, 0.25) is 11.6 Å². The van der Waals surface area contributed by atoms with Crippen molar-refractivity contribution in [3.05, 3.63) is 117 Å². The molecule has 0 saturated heterocycles. The van der Waals surface area contributed by atoms with E-state index >= 15 is 0 Å². The molecule has 0 aliphatic heterocycles. The van der Waals surface area contributed by atoms with Crippen molar-refractivity contribution in [3.63, 3.8) is 0 Å². The largest absolute Gasteiger partial charge is 0.496 e. The Labute approximate surface area is 264 Å². The minimum absolute atomic E-state index is 0.0659. The minimum atomic E-state index is -0.704. The lowest BCUT2D eigenvalue weighted by atomic mass is 10.2. The third-order valence-electron chi connectivity index (χ3n) is 6.99. The van der Waals surface area contributed by atoms with E-state index in [1.807, 2.05) is 0 Å². The summed E-state index contributed by atoms with van der Waals surface area (Å²) in [6.07, 6.45) is 1.23. The Morgan fingerprint density at radius 3 is 2.53 bits per heavy atom. The summed E-state index contributed by atoms with van der Waals surface area (Å²) in [6, 6.07) is 21.3.